The molecule has 1 aliphatic heterocycles. The Hall–Kier alpha value is -0.590. The number of amides is 1. The Labute approximate surface area is 116 Å². The van der Waals surface area contributed by atoms with Crippen molar-refractivity contribution in [1.82, 2.24) is 14.7 Å². The van der Waals surface area contributed by atoms with Crippen molar-refractivity contribution in [1.29, 1.82) is 0 Å². The molecule has 2 rings (SSSR count). The van der Waals surface area contributed by atoms with Crippen LogP contribution in [0.1, 0.15) is 33.1 Å². The molecule has 94 valence electrons. The van der Waals surface area contributed by atoms with Gasteiger partial charge >= 0.3 is 0 Å². The lowest BCUT2D eigenvalue weighted by Crippen LogP contribution is -2.48. The summed E-state index contributed by atoms with van der Waals surface area (Å²) < 4.78 is 2.79. The molecule has 1 aromatic rings. The highest BCUT2D eigenvalue weighted by Crippen LogP contribution is 2.22. The Morgan fingerprint density at radius 3 is 2.65 bits per heavy atom. The van der Waals surface area contributed by atoms with E-state index in [9.17, 15) is 4.79 Å². The number of likely N-dealkylation sites (tertiary alicyclic amines) is 1. The maximum Gasteiger partial charge on any atom is 0.244 e. The fraction of sp³-hybridized carbons (Fsp3) is 0.667. The molecular weight excluding hydrogens is 329 g/mol. The lowest BCUT2D eigenvalue weighted by molar-refractivity contribution is -0.138. The van der Waals surface area contributed by atoms with E-state index < -0.39 is 0 Å². The molecule has 0 radical (unpaired) electrons. The molecule has 1 aliphatic rings. The number of piperidine rings is 1. The van der Waals surface area contributed by atoms with Crippen LogP contribution in [-0.4, -0.2) is 32.7 Å². The van der Waals surface area contributed by atoms with Crippen molar-refractivity contribution < 1.29 is 4.79 Å². The van der Waals surface area contributed by atoms with Gasteiger partial charge in [-0.05, 0) is 55.7 Å². The predicted octanol–water partition coefficient (Wildman–Crippen LogP) is 2.28. The summed E-state index contributed by atoms with van der Waals surface area (Å²) >= 11 is 2.20. The summed E-state index contributed by atoms with van der Waals surface area (Å²) in [6, 6.07) is 0.724. The van der Waals surface area contributed by atoms with Crippen LogP contribution >= 0.6 is 22.6 Å². The molecule has 2 atom stereocenters. The smallest absolute Gasteiger partial charge is 0.244 e. The largest absolute Gasteiger partial charge is 0.336 e. The summed E-state index contributed by atoms with van der Waals surface area (Å²) in [6.07, 6.45) is 7.14. The number of rotatable bonds is 2. The molecule has 0 aromatic carbocycles. The minimum atomic E-state index is 0.184. The molecule has 4 nitrogen and oxygen atoms in total. The number of nitrogens with zero attached hydrogens (tertiary/aromatic N) is 3. The van der Waals surface area contributed by atoms with Gasteiger partial charge in [0.1, 0.15) is 6.54 Å². The molecule has 1 aromatic heterocycles. The zero-order valence-electron chi connectivity index (χ0n) is 10.3. The summed E-state index contributed by atoms with van der Waals surface area (Å²) in [4.78, 5) is 14.3. The molecule has 0 saturated carbocycles. The molecular formula is C12H18IN3O. The third kappa shape index (κ3) is 3.00. The number of carbonyl (C=O) groups is 1. The fourth-order valence-corrected chi connectivity index (χ4v) is 3.00. The third-order valence-electron chi connectivity index (χ3n) is 3.38. The van der Waals surface area contributed by atoms with E-state index in [0.29, 0.717) is 18.6 Å². The number of aromatic nitrogens is 2. The van der Waals surface area contributed by atoms with Gasteiger partial charge in [-0.2, -0.15) is 5.10 Å². The first-order valence-corrected chi connectivity index (χ1v) is 7.15. The van der Waals surface area contributed by atoms with Crippen molar-refractivity contribution in [3.05, 3.63) is 16.0 Å². The average Bonchev–Trinajstić information content (AvgIpc) is 2.63. The standard InChI is InChI=1S/C12H18IN3O/c1-9-4-3-5-10(2)16(9)12(17)8-15-7-11(13)6-14-15/h6-7,9-10H,3-5,8H2,1-2H3. The third-order valence-corrected chi connectivity index (χ3v) is 3.94. The fourth-order valence-electron chi connectivity index (χ4n) is 2.56. The SMILES string of the molecule is CC1CCCC(C)N1C(=O)Cn1cc(I)cn1. The number of carbonyl (C=O) groups excluding carboxylic acids is 1. The summed E-state index contributed by atoms with van der Waals surface area (Å²) in [7, 11) is 0. The molecule has 0 N–H and O–H groups in total. The Morgan fingerprint density at radius 1 is 1.47 bits per heavy atom. The number of hydrogen-bond donors (Lipinski definition) is 0. The van der Waals surface area contributed by atoms with Gasteiger partial charge in [-0.3, -0.25) is 9.48 Å². The highest BCUT2D eigenvalue weighted by Gasteiger charge is 2.28. The molecule has 17 heavy (non-hydrogen) atoms. The minimum Gasteiger partial charge on any atom is -0.336 e. The molecule has 0 spiro atoms. The van der Waals surface area contributed by atoms with Crippen molar-refractivity contribution in [3.63, 3.8) is 0 Å². The van der Waals surface area contributed by atoms with Gasteiger partial charge in [-0.15, -0.1) is 0 Å². The van der Waals surface area contributed by atoms with E-state index in [1.165, 1.54) is 6.42 Å². The van der Waals surface area contributed by atoms with Gasteiger partial charge < -0.3 is 4.90 Å². The molecule has 1 saturated heterocycles. The van der Waals surface area contributed by atoms with E-state index in [4.69, 9.17) is 0 Å². The lowest BCUT2D eigenvalue weighted by Gasteiger charge is -2.39. The second-order valence-electron chi connectivity index (χ2n) is 4.79. The van der Waals surface area contributed by atoms with Crippen LogP contribution in [0.15, 0.2) is 12.4 Å². The Morgan fingerprint density at radius 2 is 2.12 bits per heavy atom. The van der Waals surface area contributed by atoms with Crippen LogP contribution in [0.4, 0.5) is 0 Å². The van der Waals surface area contributed by atoms with Crippen molar-refractivity contribution in [2.45, 2.75) is 51.7 Å². The Kier molecular flexibility index (Phi) is 4.06. The molecule has 5 heteroatoms. The van der Waals surface area contributed by atoms with Crippen LogP contribution in [0.5, 0.6) is 0 Å². The summed E-state index contributed by atoms with van der Waals surface area (Å²) in [5, 5.41) is 4.16. The van der Waals surface area contributed by atoms with Crippen LogP contribution in [0.2, 0.25) is 0 Å². The topological polar surface area (TPSA) is 38.1 Å². The van der Waals surface area contributed by atoms with Gasteiger partial charge in [0.25, 0.3) is 0 Å². The van der Waals surface area contributed by atoms with E-state index in [1.54, 1.807) is 10.9 Å². The second-order valence-corrected chi connectivity index (χ2v) is 6.03. The highest BCUT2D eigenvalue weighted by molar-refractivity contribution is 14.1. The van der Waals surface area contributed by atoms with Crippen LogP contribution in [0, 0.1) is 3.57 Å². The van der Waals surface area contributed by atoms with E-state index in [0.717, 1.165) is 16.4 Å². The van der Waals surface area contributed by atoms with E-state index in [1.807, 2.05) is 11.1 Å². The molecule has 2 heterocycles. The van der Waals surface area contributed by atoms with E-state index >= 15 is 0 Å². The first-order chi connectivity index (χ1) is 8.08. The van der Waals surface area contributed by atoms with Crippen molar-refractivity contribution >= 4 is 28.5 Å². The normalized spacial score (nSPS) is 25.0. The van der Waals surface area contributed by atoms with Crippen LogP contribution < -0.4 is 0 Å². The van der Waals surface area contributed by atoms with E-state index in [-0.39, 0.29) is 5.91 Å². The predicted molar refractivity (Wildman–Crippen MR) is 74.6 cm³/mol. The van der Waals surface area contributed by atoms with Gasteiger partial charge in [-0.25, -0.2) is 0 Å². The van der Waals surface area contributed by atoms with Crippen LogP contribution in [0.25, 0.3) is 0 Å². The first-order valence-electron chi connectivity index (χ1n) is 6.07. The molecule has 1 fully saturated rings. The Bertz CT molecular complexity index is 394. The van der Waals surface area contributed by atoms with E-state index in [2.05, 4.69) is 41.5 Å². The second kappa shape index (κ2) is 5.37. The van der Waals surface area contributed by atoms with Gasteiger partial charge in [0.05, 0.1) is 9.77 Å². The molecule has 0 bridgehead atoms. The van der Waals surface area contributed by atoms with Crippen molar-refractivity contribution in [2.24, 2.45) is 0 Å². The quantitative estimate of drug-likeness (QED) is 0.770. The lowest BCUT2D eigenvalue weighted by atomic mass is 9.97. The van der Waals surface area contributed by atoms with Crippen molar-refractivity contribution in [2.75, 3.05) is 0 Å². The maximum atomic E-state index is 12.3. The first kappa shape index (κ1) is 12.9. The van der Waals surface area contributed by atoms with Gasteiger partial charge in [0.2, 0.25) is 5.91 Å². The van der Waals surface area contributed by atoms with Gasteiger partial charge in [0.15, 0.2) is 0 Å². The van der Waals surface area contributed by atoms with Crippen LogP contribution in [0.3, 0.4) is 0 Å². The average molecular weight is 347 g/mol. The monoisotopic (exact) mass is 347 g/mol. The van der Waals surface area contributed by atoms with Gasteiger partial charge in [-0.1, -0.05) is 0 Å². The number of halogens is 1. The zero-order chi connectivity index (χ0) is 12.4. The maximum absolute atomic E-state index is 12.3. The summed E-state index contributed by atoms with van der Waals surface area (Å²) in [5.74, 6) is 0.184. The minimum absolute atomic E-state index is 0.184. The summed E-state index contributed by atoms with van der Waals surface area (Å²) in [5.41, 5.74) is 0. The molecule has 1 amide bonds. The molecule has 0 aliphatic carbocycles. The molecule has 2 unspecified atom stereocenters. The van der Waals surface area contributed by atoms with Crippen LogP contribution in [-0.2, 0) is 11.3 Å². The summed E-state index contributed by atoms with van der Waals surface area (Å²) in [6.45, 7) is 4.64. The van der Waals surface area contributed by atoms with Gasteiger partial charge in [0, 0.05) is 18.3 Å². The highest BCUT2D eigenvalue weighted by atomic mass is 127. The van der Waals surface area contributed by atoms with Crippen molar-refractivity contribution in [3.8, 4) is 0 Å². The number of hydrogen-bond acceptors (Lipinski definition) is 2. The zero-order valence-corrected chi connectivity index (χ0v) is 12.4. The Balaban J connectivity index is 2.03.